The Morgan fingerprint density at radius 2 is 2.12 bits per heavy atom. The van der Waals surface area contributed by atoms with E-state index in [9.17, 15) is 9.59 Å². The molecule has 0 aliphatic heterocycles. The summed E-state index contributed by atoms with van der Waals surface area (Å²) >= 11 is 0. The fourth-order valence-corrected chi connectivity index (χ4v) is 2.32. The summed E-state index contributed by atoms with van der Waals surface area (Å²) in [5, 5.41) is 4.39. The molecule has 0 aliphatic rings. The molecule has 0 spiro atoms. The number of hydrogen-bond donors (Lipinski definition) is 1. The lowest BCUT2D eigenvalue weighted by Gasteiger charge is -2.11. The van der Waals surface area contributed by atoms with Crippen LogP contribution in [0.3, 0.4) is 0 Å². The van der Waals surface area contributed by atoms with Crippen molar-refractivity contribution in [2.75, 3.05) is 6.61 Å². The standard InChI is InChI=1S/C17H16N2O5/c1-10-7-15(19-24-10)22-9-16(20)23-11(2)17(21)13-8-18-14-6-4-3-5-12(13)14/h3-8,11,18H,9H2,1-2H3/t11-/m0/s1. The Hall–Kier alpha value is -3.09. The quantitative estimate of drug-likeness (QED) is 0.552. The maximum atomic E-state index is 12.5. The van der Waals surface area contributed by atoms with Crippen LogP contribution in [0, 0.1) is 6.92 Å². The molecule has 3 rings (SSSR count). The molecule has 0 saturated heterocycles. The monoisotopic (exact) mass is 328 g/mol. The summed E-state index contributed by atoms with van der Waals surface area (Å²) in [6.07, 6.45) is 0.700. The molecule has 2 heterocycles. The fraction of sp³-hybridized carbons (Fsp3) is 0.235. The van der Waals surface area contributed by atoms with Crippen LogP contribution in [0.1, 0.15) is 23.0 Å². The Bertz CT molecular complexity index is 880. The van der Waals surface area contributed by atoms with E-state index in [1.165, 1.54) is 6.92 Å². The molecule has 7 nitrogen and oxygen atoms in total. The number of ketones is 1. The van der Waals surface area contributed by atoms with Crippen LogP contribution in [0.15, 0.2) is 41.1 Å². The minimum Gasteiger partial charge on any atom is -0.463 e. The van der Waals surface area contributed by atoms with Crippen molar-refractivity contribution in [1.82, 2.24) is 10.1 Å². The number of aromatic amines is 1. The Balaban J connectivity index is 1.60. The van der Waals surface area contributed by atoms with E-state index in [1.807, 2.05) is 24.3 Å². The summed E-state index contributed by atoms with van der Waals surface area (Å²) in [6, 6.07) is 8.98. The summed E-state index contributed by atoms with van der Waals surface area (Å²) in [5.41, 5.74) is 1.34. The molecule has 0 fully saturated rings. The van der Waals surface area contributed by atoms with E-state index in [1.54, 1.807) is 19.2 Å². The van der Waals surface area contributed by atoms with Crippen LogP contribution in [0.2, 0.25) is 0 Å². The summed E-state index contributed by atoms with van der Waals surface area (Å²) in [4.78, 5) is 27.3. The van der Waals surface area contributed by atoms with Crippen molar-refractivity contribution in [3.63, 3.8) is 0 Å². The molecule has 0 bridgehead atoms. The van der Waals surface area contributed by atoms with Gasteiger partial charge in [0.05, 0.1) is 0 Å². The molecule has 0 saturated carbocycles. The van der Waals surface area contributed by atoms with Crippen LogP contribution in [-0.4, -0.2) is 34.6 Å². The highest BCUT2D eigenvalue weighted by molar-refractivity contribution is 6.10. The zero-order valence-electron chi connectivity index (χ0n) is 13.2. The minimum atomic E-state index is -0.917. The van der Waals surface area contributed by atoms with Crippen molar-refractivity contribution < 1.29 is 23.6 Å². The van der Waals surface area contributed by atoms with Crippen molar-refractivity contribution >= 4 is 22.7 Å². The number of benzene rings is 1. The van der Waals surface area contributed by atoms with Gasteiger partial charge in [0.25, 0.3) is 5.88 Å². The largest absolute Gasteiger partial charge is 0.463 e. The molecular formula is C17H16N2O5. The van der Waals surface area contributed by atoms with Gasteiger partial charge in [0, 0.05) is 28.7 Å². The second-order valence-corrected chi connectivity index (χ2v) is 5.31. The highest BCUT2D eigenvalue weighted by Crippen LogP contribution is 2.20. The minimum absolute atomic E-state index is 0.194. The maximum absolute atomic E-state index is 12.5. The van der Waals surface area contributed by atoms with Crippen molar-refractivity contribution in [2.45, 2.75) is 20.0 Å². The number of nitrogens with zero attached hydrogens (tertiary/aromatic N) is 1. The normalized spacial score (nSPS) is 12.1. The Labute approximate surface area is 137 Å². The predicted octanol–water partition coefficient (Wildman–Crippen LogP) is 2.66. The summed E-state index contributed by atoms with van der Waals surface area (Å²) in [5.74, 6) is -0.171. The van der Waals surface area contributed by atoms with E-state index >= 15 is 0 Å². The van der Waals surface area contributed by atoms with Gasteiger partial charge in [-0.25, -0.2) is 4.79 Å². The average molecular weight is 328 g/mol. The molecule has 1 N–H and O–H groups in total. The van der Waals surface area contributed by atoms with E-state index < -0.39 is 12.1 Å². The van der Waals surface area contributed by atoms with Gasteiger partial charge in [0.15, 0.2) is 12.7 Å². The lowest BCUT2D eigenvalue weighted by atomic mass is 10.1. The van der Waals surface area contributed by atoms with E-state index in [0.29, 0.717) is 11.3 Å². The van der Waals surface area contributed by atoms with Crippen molar-refractivity contribution in [3.05, 3.63) is 47.9 Å². The molecule has 7 heteroatoms. The summed E-state index contributed by atoms with van der Waals surface area (Å²) < 4.78 is 15.1. The van der Waals surface area contributed by atoms with Gasteiger partial charge in [-0.15, -0.1) is 0 Å². The first-order chi connectivity index (χ1) is 11.5. The highest BCUT2D eigenvalue weighted by atomic mass is 16.6. The topological polar surface area (TPSA) is 94.4 Å². The van der Waals surface area contributed by atoms with Gasteiger partial charge < -0.3 is 19.0 Å². The Morgan fingerprint density at radius 3 is 2.88 bits per heavy atom. The number of H-pyrrole nitrogens is 1. The molecule has 2 aromatic heterocycles. The molecule has 0 aliphatic carbocycles. The Morgan fingerprint density at radius 1 is 1.33 bits per heavy atom. The average Bonchev–Trinajstić information content (AvgIpc) is 3.18. The number of Topliss-reactive ketones (excluding diaryl/α,β-unsaturated/α-hetero) is 1. The smallest absolute Gasteiger partial charge is 0.344 e. The fourth-order valence-electron chi connectivity index (χ4n) is 2.32. The second-order valence-electron chi connectivity index (χ2n) is 5.31. The number of fused-ring (bicyclic) bond motifs is 1. The molecule has 0 unspecified atom stereocenters. The molecule has 0 radical (unpaired) electrons. The molecule has 1 aromatic carbocycles. The number of aromatic nitrogens is 2. The Kier molecular flexibility index (Phi) is 4.33. The third-order valence-electron chi connectivity index (χ3n) is 3.48. The number of ether oxygens (including phenoxy) is 2. The second kappa shape index (κ2) is 6.57. The molecule has 0 amide bonds. The van der Waals surface area contributed by atoms with Crippen LogP contribution in [0.5, 0.6) is 5.88 Å². The van der Waals surface area contributed by atoms with E-state index in [4.69, 9.17) is 14.0 Å². The predicted molar refractivity (Wildman–Crippen MR) is 84.9 cm³/mol. The third-order valence-corrected chi connectivity index (χ3v) is 3.48. The number of aryl methyl sites for hydroxylation is 1. The molecule has 1 atom stereocenters. The first-order valence-electron chi connectivity index (χ1n) is 7.40. The van der Waals surface area contributed by atoms with Crippen LogP contribution < -0.4 is 4.74 Å². The van der Waals surface area contributed by atoms with Crippen LogP contribution in [0.25, 0.3) is 10.9 Å². The number of para-hydroxylation sites is 1. The highest BCUT2D eigenvalue weighted by Gasteiger charge is 2.22. The first kappa shape index (κ1) is 15.8. The first-order valence-corrected chi connectivity index (χ1v) is 7.40. The zero-order valence-corrected chi connectivity index (χ0v) is 13.2. The van der Waals surface area contributed by atoms with Gasteiger partial charge in [-0.05, 0) is 25.1 Å². The number of carbonyl (C=O) groups excluding carboxylic acids is 2. The lowest BCUT2D eigenvalue weighted by molar-refractivity contribution is -0.148. The number of nitrogens with one attached hydrogen (secondary N) is 1. The molecular weight excluding hydrogens is 312 g/mol. The van der Waals surface area contributed by atoms with Gasteiger partial charge >= 0.3 is 5.97 Å². The van der Waals surface area contributed by atoms with E-state index in [-0.39, 0.29) is 18.3 Å². The van der Waals surface area contributed by atoms with Gasteiger partial charge in [-0.3, -0.25) is 4.79 Å². The maximum Gasteiger partial charge on any atom is 0.344 e. The number of carbonyl (C=O) groups is 2. The van der Waals surface area contributed by atoms with Crippen molar-refractivity contribution in [2.24, 2.45) is 0 Å². The zero-order chi connectivity index (χ0) is 17.1. The van der Waals surface area contributed by atoms with Crippen molar-refractivity contribution in [3.8, 4) is 5.88 Å². The van der Waals surface area contributed by atoms with E-state index in [0.717, 1.165) is 10.9 Å². The van der Waals surface area contributed by atoms with Gasteiger partial charge in [0.1, 0.15) is 5.76 Å². The molecule has 124 valence electrons. The van der Waals surface area contributed by atoms with Crippen LogP contribution in [-0.2, 0) is 9.53 Å². The number of esters is 1. The van der Waals surface area contributed by atoms with Crippen LogP contribution >= 0.6 is 0 Å². The van der Waals surface area contributed by atoms with Gasteiger partial charge in [-0.1, -0.05) is 18.2 Å². The molecule has 24 heavy (non-hydrogen) atoms. The summed E-state index contributed by atoms with van der Waals surface area (Å²) in [6.45, 7) is 2.89. The van der Waals surface area contributed by atoms with Crippen LogP contribution in [0.4, 0.5) is 0 Å². The number of rotatable bonds is 6. The lowest BCUT2D eigenvalue weighted by Crippen LogP contribution is -2.27. The number of hydrogen-bond acceptors (Lipinski definition) is 6. The van der Waals surface area contributed by atoms with E-state index in [2.05, 4.69) is 10.1 Å². The van der Waals surface area contributed by atoms with Gasteiger partial charge in [-0.2, -0.15) is 0 Å². The SMILES string of the molecule is Cc1cc(OCC(=O)O[C@@H](C)C(=O)c2c[nH]c3ccccc23)no1. The molecule has 3 aromatic rings. The summed E-state index contributed by atoms with van der Waals surface area (Å²) in [7, 11) is 0. The third kappa shape index (κ3) is 3.29. The van der Waals surface area contributed by atoms with Gasteiger partial charge in [0.2, 0.25) is 5.78 Å². The van der Waals surface area contributed by atoms with Crippen molar-refractivity contribution in [1.29, 1.82) is 0 Å².